The van der Waals surface area contributed by atoms with Crippen molar-refractivity contribution in [1.82, 2.24) is 24.7 Å². The number of halogens is 4. The molecule has 1 aliphatic heterocycles. The van der Waals surface area contributed by atoms with Gasteiger partial charge in [0.2, 0.25) is 5.95 Å². The standard InChI is InChI=1S/C22H21F4N7OS/c1-11-8-32(10-16(34-11)12-7-27-33(9-12)20(25)26)21-28-17(14-5-4-13(23)6-15(14)24)18-19(29-21)30-22(35-18)31(2)3/h4-7,9,11,16,20H,8,10H2,1-3H3/t11-,16+/m1/s1. The van der Waals surface area contributed by atoms with E-state index in [4.69, 9.17) is 4.74 Å². The minimum Gasteiger partial charge on any atom is -0.367 e. The van der Waals surface area contributed by atoms with Crippen LogP contribution in [0.5, 0.6) is 0 Å². The third-order valence-electron chi connectivity index (χ3n) is 5.54. The maximum absolute atomic E-state index is 14.8. The minimum absolute atomic E-state index is 0.130. The lowest BCUT2D eigenvalue weighted by molar-refractivity contribution is -0.0181. The van der Waals surface area contributed by atoms with Crippen LogP contribution < -0.4 is 9.80 Å². The van der Waals surface area contributed by atoms with E-state index in [0.29, 0.717) is 38.0 Å². The number of morpholine rings is 1. The van der Waals surface area contributed by atoms with Crippen molar-refractivity contribution in [3.8, 4) is 11.3 Å². The van der Waals surface area contributed by atoms with E-state index in [-0.39, 0.29) is 24.2 Å². The van der Waals surface area contributed by atoms with Gasteiger partial charge in [0.15, 0.2) is 10.8 Å². The fraction of sp³-hybridized carbons (Fsp3) is 0.364. The first-order valence-electron chi connectivity index (χ1n) is 10.7. The van der Waals surface area contributed by atoms with Crippen molar-refractivity contribution in [1.29, 1.82) is 0 Å². The molecular formula is C22H21F4N7OS. The molecule has 5 rings (SSSR count). The van der Waals surface area contributed by atoms with Crippen LogP contribution in [0.1, 0.15) is 25.1 Å². The molecule has 0 unspecified atom stereocenters. The van der Waals surface area contributed by atoms with Gasteiger partial charge in [-0.1, -0.05) is 11.3 Å². The first kappa shape index (κ1) is 23.4. The molecule has 0 spiro atoms. The van der Waals surface area contributed by atoms with E-state index in [1.807, 2.05) is 30.8 Å². The van der Waals surface area contributed by atoms with E-state index >= 15 is 0 Å². The number of benzene rings is 1. The summed E-state index contributed by atoms with van der Waals surface area (Å²) in [5.41, 5.74) is 1.30. The average Bonchev–Trinajstić information content (AvgIpc) is 3.46. The molecule has 35 heavy (non-hydrogen) atoms. The van der Waals surface area contributed by atoms with Gasteiger partial charge in [0.05, 0.1) is 24.5 Å². The highest BCUT2D eigenvalue weighted by Gasteiger charge is 2.31. The molecule has 4 aromatic rings. The summed E-state index contributed by atoms with van der Waals surface area (Å²) in [6, 6.07) is 3.33. The zero-order valence-electron chi connectivity index (χ0n) is 19.0. The van der Waals surface area contributed by atoms with Crippen molar-refractivity contribution in [3.05, 3.63) is 47.8 Å². The summed E-state index contributed by atoms with van der Waals surface area (Å²) in [5.74, 6) is -1.15. The van der Waals surface area contributed by atoms with Gasteiger partial charge in [0.25, 0.3) is 0 Å². The number of anilines is 2. The normalized spacial score (nSPS) is 18.6. The molecule has 13 heteroatoms. The Morgan fingerprint density at radius 2 is 1.94 bits per heavy atom. The Morgan fingerprint density at radius 1 is 1.14 bits per heavy atom. The van der Waals surface area contributed by atoms with Crippen molar-refractivity contribution in [3.63, 3.8) is 0 Å². The minimum atomic E-state index is -2.75. The maximum atomic E-state index is 14.8. The second-order valence-electron chi connectivity index (χ2n) is 8.41. The van der Waals surface area contributed by atoms with Crippen molar-refractivity contribution in [2.75, 3.05) is 37.0 Å². The number of alkyl halides is 2. The molecule has 3 aromatic heterocycles. The molecule has 0 aliphatic carbocycles. The maximum Gasteiger partial charge on any atom is 0.333 e. The van der Waals surface area contributed by atoms with Gasteiger partial charge in [0.1, 0.15) is 22.4 Å². The Balaban J connectivity index is 1.58. The number of rotatable bonds is 5. The van der Waals surface area contributed by atoms with Crippen LogP contribution in [0.15, 0.2) is 30.6 Å². The van der Waals surface area contributed by atoms with Crippen LogP contribution in [-0.2, 0) is 4.74 Å². The highest BCUT2D eigenvalue weighted by Crippen LogP contribution is 2.37. The molecule has 2 atom stereocenters. The van der Waals surface area contributed by atoms with E-state index in [1.165, 1.54) is 35.9 Å². The largest absolute Gasteiger partial charge is 0.367 e. The van der Waals surface area contributed by atoms with Crippen LogP contribution >= 0.6 is 11.3 Å². The van der Waals surface area contributed by atoms with Gasteiger partial charge in [-0.05, 0) is 19.1 Å². The molecule has 1 aliphatic rings. The van der Waals surface area contributed by atoms with E-state index < -0.39 is 24.3 Å². The Hall–Kier alpha value is -3.32. The van der Waals surface area contributed by atoms with Gasteiger partial charge in [-0.25, -0.2) is 18.4 Å². The molecule has 4 heterocycles. The van der Waals surface area contributed by atoms with Crippen LogP contribution in [-0.4, -0.2) is 58.0 Å². The summed E-state index contributed by atoms with van der Waals surface area (Å²) in [6.45, 7) is -0.222. The van der Waals surface area contributed by atoms with Crippen molar-refractivity contribution in [2.45, 2.75) is 25.7 Å². The van der Waals surface area contributed by atoms with E-state index in [2.05, 4.69) is 20.1 Å². The van der Waals surface area contributed by atoms with Crippen LogP contribution in [0.4, 0.5) is 28.6 Å². The fourth-order valence-electron chi connectivity index (χ4n) is 3.92. The zero-order chi connectivity index (χ0) is 24.9. The zero-order valence-corrected chi connectivity index (χ0v) is 19.8. The highest BCUT2D eigenvalue weighted by molar-refractivity contribution is 7.22. The average molecular weight is 508 g/mol. The van der Waals surface area contributed by atoms with Crippen LogP contribution in [0.3, 0.4) is 0 Å². The SMILES string of the molecule is C[C@@H]1CN(c2nc(-c3ccc(F)cc3F)c3sc(N(C)C)nc3n2)C[C@@H](c2cnn(C(F)F)c2)O1. The third-order valence-corrected chi connectivity index (χ3v) is 6.76. The number of nitrogens with zero attached hydrogens (tertiary/aromatic N) is 7. The third kappa shape index (κ3) is 4.52. The van der Waals surface area contributed by atoms with E-state index in [0.717, 1.165) is 6.07 Å². The quantitative estimate of drug-likeness (QED) is 0.364. The number of thiazole rings is 1. The Morgan fingerprint density at radius 3 is 2.63 bits per heavy atom. The number of ether oxygens (including phenoxy) is 1. The summed E-state index contributed by atoms with van der Waals surface area (Å²) >= 11 is 1.30. The summed E-state index contributed by atoms with van der Waals surface area (Å²) in [7, 11) is 3.66. The second-order valence-corrected chi connectivity index (χ2v) is 9.39. The lowest BCUT2D eigenvalue weighted by atomic mass is 10.1. The predicted molar refractivity (Wildman–Crippen MR) is 124 cm³/mol. The van der Waals surface area contributed by atoms with Gasteiger partial charge in [-0.15, -0.1) is 0 Å². The summed E-state index contributed by atoms with van der Waals surface area (Å²) in [6.07, 6.45) is 1.77. The second kappa shape index (κ2) is 9.04. The monoisotopic (exact) mass is 507 g/mol. The van der Waals surface area contributed by atoms with Gasteiger partial charge in [-0.3, -0.25) is 0 Å². The van der Waals surface area contributed by atoms with E-state index in [9.17, 15) is 17.6 Å². The summed E-state index contributed by atoms with van der Waals surface area (Å²) < 4.78 is 61.5. The smallest absolute Gasteiger partial charge is 0.333 e. The number of hydrogen-bond acceptors (Lipinski definition) is 8. The van der Waals surface area contributed by atoms with Crippen molar-refractivity contribution < 1.29 is 22.3 Å². The molecule has 0 radical (unpaired) electrons. The predicted octanol–water partition coefficient (Wildman–Crippen LogP) is 4.66. The first-order valence-corrected chi connectivity index (χ1v) is 11.5. The van der Waals surface area contributed by atoms with Crippen LogP contribution in [0, 0.1) is 11.6 Å². The first-order chi connectivity index (χ1) is 16.7. The molecule has 1 fully saturated rings. The van der Waals surface area contributed by atoms with Gasteiger partial charge >= 0.3 is 6.55 Å². The lowest BCUT2D eigenvalue weighted by Crippen LogP contribution is -2.43. The molecule has 184 valence electrons. The van der Waals surface area contributed by atoms with Crippen LogP contribution in [0.2, 0.25) is 0 Å². The number of fused-ring (bicyclic) bond motifs is 1. The van der Waals surface area contributed by atoms with Gasteiger partial charge in [0, 0.05) is 44.0 Å². The molecule has 0 saturated carbocycles. The van der Waals surface area contributed by atoms with Crippen molar-refractivity contribution >= 4 is 32.8 Å². The molecule has 0 N–H and O–H groups in total. The lowest BCUT2D eigenvalue weighted by Gasteiger charge is -2.36. The van der Waals surface area contributed by atoms with Crippen molar-refractivity contribution in [2.24, 2.45) is 0 Å². The van der Waals surface area contributed by atoms with E-state index in [1.54, 1.807) is 0 Å². The molecular weight excluding hydrogens is 486 g/mol. The Bertz CT molecular complexity index is 1380. The Labute approximate surface area is 201 Å². The van der Waals surface area contributed by atoms with Gasteiger partial charge < -0.3 is 14.5 Å². The molecule has 1 saturated heterocycles. The van der Waals surface area contributed by atoms with Gasteiger partial charge in [-0.2, -0.15) is 23.8 Å². The fourth-order valence-corrected chi connectivity index (χ4v) is 4.86. The highest BCUT2D eigenvalue weighted by atomic mass is 32.1. The summed E-state index contributed by atoms with van der Waals surface area (Å²) in [5, 5.41) is 4.35. The molecule has 1 aromatic carbocycles. The summed E-state index contributed by atoms with van der Waals surface area (Å²) in [4.78, 5) is 17.5. The number of aromatic nitrogens is 5. The molecule has 0 amide bonds. The molecule has 8 nitrogen and oxygen atoms in total. The number of hydrogen-bond donors (Lipinski definition) is 0. The Kier molecular flexibility index (Phi) is 6.05. The molecule has 0 bridgehead atoms. The topological polar surface area (TPSA) is 72.2 Å². The van der Waals surface area contributed by atoms with Crippen LogP contribution in [0.25, 0.3) is 21.6 Å².